The van der Waals surface area contributed by atoms with E-state index in [-0.39, 0.29) is 0 Å². The Kier molecular flexibility index (Phi) is 4.00. The Balaban J connectivity index is 1.26. The number of nitrogens with zero attached hydrogens (tertiary/aromatic N) is 2. The number of hydrogen-bond acceptors (Lipinski definition) is 4. The van der Waals surface area contributed by atoms with E-state index in [0.717, 1.165) is 12.1 Å². The molecule has 126 valence electrons. The number of likely N-dealkylation sites (N-methyl/N-ethyl adjacent to an activating group) is 1. The number of piperidine rings is 2. The number of likely N-dealkylation sites (tertiary alicyclic amines) is 2. The molecule has 0 aromatic rings. The van der Waals surface area contributed by atoms with Crippen molar-refractivity contribution in [2.45, 2.75) is 75.0 Å². The third-order valence-corrected chi connectivity index (χ3v) is 6.97. The Labute approximate surface area is 136 Å². The molecule has 0 radical (unpaired) electrons. The minimum atomic E-state index is 0.471. The first-order valence-corrected chi connectivity index (χ1v) is 9.54. The molecule has 4 fully saturated rings. The van der Waals surface area contributed by atoms with Crippen LogP contribution in [0.3, 0.4) is 0 Å². The van der Waals surface area contributed by atoms with Crippen LogP contribution in [-0.2, 0) is 0 Å². The van der Waals surface area contributed by atoms with E-state index in [1.54, 1.807) is 0 Å². The molecule has 4 rings (SSSR count). The van der Waals surface area contributed by atoms with E-state index in [0.29, 0.717) is 11.1 Å². The number of rotatable bonds is 3. The lowest BCUT2D eigenvalue weighted by molar-refractivity contribution is 0.0160. The highest BCUT2D eigenvalue weighted by atomic mass is 15.3. The fourth-order valence-corrected chi connectivity index (χ4v) is 5.54. The fraction of sp³-hybridized carbons (Fsp3) is 1.00. The van der Waals surface area contributed by atoms with Crippen molar-refractivity contribution in [2.24, 2.45) is 0 Å². The second-order valence-corrected chi connectivity index (χ2v) is 8.76. The highest BCUT2D eigenvalue weighted by molar-refractivity contribution is 5.06. The molecule has 22 heavy (non-hydrogen) atoms. The summed E-state index contributed by atoms with van der Waals surface area (Å²) in [5.74, 6) is 0. The van der Waals surface area contributed by atoms with E-state index < -0.39 is 0 Å². The maximum absolute atomic E-state index is 4.02. The van der Waals surface area contributed by atoms with Crippen LogP contribution in [0.4, 0.5) is 0 Å². The smallest absolute Gasteiger partial charge is 0.0439 e. The van der Waals surface area contributed by atoms with Gasteiger partial charge in [-0.15, -0.1) is 0 Å². The zero-order valence-corrected chi connectivity index (χ0v) is 14.5. The summed E-state index contributed by atoms with van der Waals surface area (Å²) in [6.07, 6.45) is 9.68. The largest absolute Gasteiger partial charge is 0.311 e. The Morgan fingerprint density at radius 3 is 2.41 bits per heavy atom. The van der Waals surface area contributed by atoms with E-state index in [1.165, 1.54) is 77.7 Å². The van der Waals surface area contributed by atoms with E-state index in [2.05, 4.69) is 34.4 Å². The molecular weight excluding hydrogens is 272 g/mol. The summed E-state index contributed by atoms with van der Waals surface area (Å²) in [6.45, 7) is 8.83. The minimum Gasteiger partial charge on any atom is -0.311 e. The molecule has 0 saturated carbocycles. The molecule has 4 heterocycles. The standard InChI is InChI=1S/C18H34N4/c1-15(22-10-7-17(8-11-22)6-9-19-17)12-16-4-3-5-18(20-16)13-21(2)14-18/h15-16,19-20H,3-14H2,1-2H3. The first kappa shape index (κ1) is 15.4. The van der Waals surface area contributed by atoms with Gasteiger partial charge in [0.2, 0.25) is 0 Å². The van der Waals surface area contributed by atoms with Crippen LogP contribution in [-0.4, -0.2) is 72.7 Å². The van der Waals surface area contributed by atoms with Crippen LogP contribution in [0.2, 0.25) is 0 Å². The molecule has 4 heteroatoms. The zero-order chi connectivity index (χ0) is 15.2. The van der Waals surface area contributed by atoms with Gasteiger partial charge in [-0.05, 0) is 65.5 Å². The Morgan fingerprint density at radius 1 is 1.09 bits per heavy atom. The molecule has 0 aliphatic carbocycles. The van der Waals surface area contributed by atoms with Gasteiger partial charge >= 0.3 is 0 Å². The predicted octanol–water partition coefficient (Wildman–Crippen LogP) is 1.42. The lowest BCUT2D eigenvalue weighted by Crippen LogP contribution is -2.71. The van der Waals surface area contributed by atoms with E-state index in [4.69, 9.17) is 0 Å². The van der Waals surface area contributed by atoms with Crippen molar-refractivity contribution in [3.8, 4) is 0 Å². The molecule has 0 amide bonds. The van der Waals surface area contributed by atoms with Gasteiger partial charge in [0.05, 0.1) is 0 Å². The molecule has 0 aromatic carbocycles. The van der Waals surface area contributed by atoms with Crippen LogP contribution in [0, 0.1) is 0 Å². The second-order valence-electron chi connectivity index (χ2n) is 8.76. The molecule has 2 unspecified atom stereocenters. The average molecular weight is 306 g/mol. The van der Waals surface area contributed by atoms with Gasteiger partial charge in [-0.3, -0.25) is 0 Å². The molecule has 2 spiro atoms. The summed E-state index contributed by atoms with van der Waals surface area (Å²) < 4.78 is 0. The lowest BCUT2D eigenvalue weighted by Gasteiger charge is -2.54. The third kappa shape index (κ3) is 2.83. The first-order chi connectivity index (χ1) is 10.6. The Hall–Kier alpha value is -0.160. The topological polar surface area (TPSA) is 30.5 Å². The van der Waals surface area contributed by atoms with Crippen LogP contribution < -0.4 is 10.6 Å². The molecule has 0 bridgehead atoms. The van der Waals surface area contributed by atoms with Crippen molar-refractivity contribution in [3.63, 3.8) is 0 Å². The third-order valence-electron chi connectivity index (χ3n) is 6.97. The van der Waals surface area contributed by atoms with Crippen molar-refractivity contribution in [3.05, 3.63) is 0 Å². The summed E-state index contributed by atoms with van der Waals surface area (Å²) in [7, 11) is 2.25. The quantitative estimate of drug-likeness (QED) is 0.826. The van der Waals surface area contributed by atoms with Gasteiger partial charge in [-0.1, -0.05) is 0 Å². The van der Waals surface area contributed by atoms with Gasteiger partial charge in [-0.2, -0.15) is 0 Å². The van der Waals surface area contributed by atoms with Crippen molar-refractivity contribution in [1.82, 2.24) is 20.4 Å². The van der Waals surface area contributed by atoms with Crippen molar-refractivity contribution >= 4 is 0 Å². The van der Waals surface area contributed by atoms with Crippen LogP contribution in [0.1, 0.15) is 51.9 Å². The molecular formula is C18H34N4. The summed E-state index contributed by atoms with van der Waals surface area (Å²) in [5, 5.41) is 7.71. The first-order valence-electron chi connectivity index (χ1n) is 9.54. The van der Waals surface area contributed by atoms with Crippen molar-refractivity contribution in [2.75, 3.05) is 39.8 Å². The van der Waals surface area contributed by atoms with Crippen molar-refractivity contribution in [1.29, 1.82) is 0 Å². The lowest BCUT2D eigenvalue weighted by atomic mass is 9.77. The molecule has 4 saturated heterocycles. The van der Waals surface area contributed by atoms with Crippen molar-refractivity contribution < 1.29 is 0 Å². The molecule has 4 nitrogen and oxygen atoms in total. The van der Waals surface area contributed by atoms with Gasteiger partial charge in [-0.25, -0.2) is 0 Å². The van der Waals surface area contributed by atoms with Crippen LogP contribution in [0.25, 0.3) is 0 Å². The van der Waals surface area contributed by atoms with Gasteiger partial charge in [0, 0.05) is 49.3 Å². The fourth-order valence-electron chi connectivity index (χ4n) is 5.54. The van der Waals surface area contributed by atoms with Crippen LogP contribution in [0.5, 0.6) is 0 Å². The van der Waals surface area contributed by atoms with E-state index >= 15 is 0 Å². The number of hydrogen-bond donors (Lipinski definition) is 2. The SMILES string of the molecule is CC(CC1CCCC2(CN(C)C2)N1)N1CCC2(CCN2)CC1. The monoisotopic (exact) mass is 306 g/mol. The second kappa shape index (κ2) is 5.73. The summed E-state index contributed by atoms with van der Waals surface area (Å²) in [4.78, 5) is 5.20. The van der Waals surface area contributed by atoms with Gasteiger partial charge < -0.3 is 20.4 Å². The zero-order valence-electron chi connectivity index (χ0n) is 14.5. The normalized spacial score (nSPS) is 36.0. The Morgan fingerprint density at radius 2 is 1.82 bits per heavy atom. The minimum absolute atomic E-state index is 0.471. The highest BCUT2D eigenvalue weighted by Crippen LogP contribution is 2.34. The molecule has 4 aliphatic rings. The van der Waals surface area contributed by atoms with E-state index in [9.17, 15) is 0 Å². The molecule has 2 N–H and O–H groups in total. The maximum atomic E-state index is 4.02. The van der Waals surface area contributed by atoms with Gasteiger partial charge in [0.25, 0.3) is 0 Å². The van der Waals surface area contributed by atoms with Gasteiger partial charge in [0.1, 0.15) is 0 Å². The summed E-state index contributed by atoms with van der Waals surface area (Å²) >= 11 is 0. The summed E-state index contributed by atoms with van der Waals surface area (Å²) in [6, 6.07) is 1.48. The number of nitrogens with one attached hydrogen (secondary N) is 2. The van der Waals surface area contributed by atoms with Gasteiger partial charge in [0.15, 0.2) is 0 Å². The molecule has 4 aliphatic heterocycles. The molecule has 0 aromatic heterocycles. The predicted molar refractivity (Wildman–Crippen MR) is 91.2 cm³/mol. The average Bonchev–Trinajstić information content (AvgIpc) is 2.45. The summed E-state index contributed by atoms with van der Waals surface area (Å²) in [5.41, 5.74) is 1.01. The van der Waals surface area contributed by atoms with E-state index in [1.807, 2.05) is 0 Å². The molecule has 2 atom stereocenters. The highest BCUT2D eigenvalue weighted by Gasteiger charge is 2.44. The Bertz CT molecular complexity index is 384. The van der Waals surface area contributed by atoms with Crippen LogP contribution >= 0.6 is 0 Å². The maximum Gasteiger partial charge on any atom is 0.0439 e. The van der Waals surface area contributed by atoms with Crippen LogP contribution in [0.15, 0.2) is 0 Å².